The lowest BCUT2D eigenvalue weighted by molar-refractivity contribution is -0.116. The van der Waals surface area contributed by atoms with Gasteiger partial charge in [-0.1, -0.05) is 11.8 Å². The number of hydrogen-bond donors (Lipinski definition) is 2. The summed E-state index contributed by atoms with van der Waals surface area (Å²) < 4.78 is 6.85. The third kappa shape index (κ3) is 5.60. The van der Waals surface area contributed by atoms with Crippen molar-refractivity contribution in [1.82, 2.24) is 19.6 Å². The summed E-state index contributed by atoms with van der Waals surface area (Å²) in [5.41, 5.74) is 4.54. The van der Waals surface area contributed by atoms with Crippen LogP contribution < -0.4 is 15.4 Å². The molecule has 0 aliphatic heterocycles. The van der Waals surface area contributed by atoms with Gasteiger partial charge in [0.15, 0.2) is 0 Å². The first kappa shape index (κ1) is 24.2. The van der Waals surface area contributed by atoms with Crippen LogP contribution >= 0.6 is 11.8 Å². The highest BCUT2D eigenvalue weighted by atomic mass is 32.2. The highest BCUT2D eigenvalue weighted by Crippen LogP contribution is 2.19. The van der Waals surface area contributed by atoms with Gasteiger partial charge in [0.2, 0.25) is 11.1 Å². The van der Waals surface area contributed by atoms with Crippen molar-refractivity contribution in [3.05, 3.63) is 71.0 Å². The smallest absolute Gasteiger partial charge is 0.255 e. The van der Waals surface area contributed by atoms with Crippen LogP contribution in [0.5, 0.6) is 5.75 Å². The number of ether oxygens (including phenoxy) is 1. The van der Waals surface area contributed by atoms with E-state index < -0.39 is 0 Å². The SMILES string of the molecule is COc1ccc(NC(=O)c2ccc(NC(=O)CCc3c(C)nc4nc(SC)nn4c3C)cc2)cc1. The van der Waals surface area contributed by atoms with Crippen LogP contribution in [0.25, 0.3) is 5.78 Å². The third-order valence-electron chi connectivity index (χ3n) is 5.59. The van der Waals surface area contributed by atoms with Gasteiger partial charge in [-0.25, -0.2) is 9.50 Å². The predicted molar refractivity (Wildman–Crippen MR) is 136 cm³/mol. The van der Waals surface area contributed by atoms with Gasteiger partial charge in [-0.05, 0) is 80.6 Å². The van der Waals surface area contributed by atoms with Gasteiger partial charge in [-0.15, -0.1) is 5.10 Å². The molecule has 4 aromatic rings. The fraction of sp³-hybridized carbons (Fsp3) is 0.240. The Bertz CT molecular complexity index is 1370. The summed E-state index contributed by atoms with van der Waals surface area (Å²) in [6, 6.07) is 13.9. The first-order valence-corrected chi connectivity index (χ1v) is 12.2. The number of nitrogens with one attached hydrogen (secondary N) is 2. The quantitative estimate of drug-likeness (QED) is 0.354. The number of carbonyl (C=O) groups is 2. The number of aromatic nitrogens is 4. The molecule has 0 radical (unpaired) electrons. The van der Waals surface area contributed by atoms with Gasteiger partial charge in [-0.2, -0.15) is 4.98 Å². The molecule has 10 heteroatoms. The van der Waals surface area contributed by atoms with Crippen LogP contribution in [0.15, 0.2) is 53.7 Å². The van der Waals surface area contributed by atoms with Crippen molar-refractivity contribution < 1.29 is 14.3 Å². The maximum atomic E-state index is 12.6. The number of rotatable bonds is 8. The molecule has 0 aliphatic rings. The topological polar surface area (TPSA) is 111 Å². The number of amides is 2. The van der Waals surface area contributed by atoms with E-state index in [9.17, 15) is 9.59 Å². The molecule has 2 heterocycles. The molecule has 9 nitrogen and oxygen atoms in total. The van der Waals surface area contributed by atoms with Crippen LogP contribution in [0, 0.1) is 13.8 Å². The van der Waals surface area contributed by atoms with E-state index >= 15 is 0 Å². The maximum Gasteiger partial charge on any atom is 0.255 e. The Hall–Kier alpha value is -3.92. The normalized spacial score (nSPS) is 10.9. The zero-order valence-corrected chi connectivity index (χ0v) is 20.8. The molecule has 35 heavy (non-hydrogen) atoms. The molecular weight excluding hydrogens is 464 g/mol. The van der Waals surface area contributed by atoms with Crippen LogP contribution in [-0.4, -0.2) is 44.8 Å². The van der Waals surface area contributed by atoms with Gasteiger partial charge in [0.05, 0.1) is 7.11 Å². The summed E-state index contributed by atoms with van der Waals surface area (Å²) in [6.07, 6.45) is 2.74. The molecule has 0 aliphatic carbocycles. The number of methoxy groups -OCH3 is 1. The Balaban J connectivity index is 1.35. The minimum atomic E-state index is -0.236. The Morgan fingerprint density at radius 2 is 1.63 bits per heavy atom. The van der Waals surface area contributed by atoms with Crippen molar-refractivity contribution in [1.29, 1.82) is 0 Å². The molecule has 0 fully saturated rings. The van der Waals surface area contributed by atoms with Gasteiger partial charge >= 0.3 is 0 Å². The highest BCUT2D eigenvalue weighted by Gasteiger charge is 2.15. The fourth-order valence-electron chi connectivity index (χ4n) is 3.68. The van der Waals surface area contributed by atoms with Crippen molar-refractivity contribution in [2.24, 2.45) is 0 Å². The van der Waals surface area contributed by atoms with Crippen molar-refractivity contribution in [3.63, 3.8) is 0 Å². The van der Waals surface area contributed by atoms with E-state index in [4.69, 9.17) is 4.74 Å². The predicted octanol–water partition coefficient (Wildman–Crippen LogP) is 4.30. The van der Waals surface area contributed by atoms with Gasteiger partial charge in [0.1, 0.15) is 5.75 Å². The molecule has 180 valence electrons. The monoisotopic (exact) mass is 490 g/mol. The maximum absolute atomic E-state index is 12.6. The molecule has 2 N–H and O–H groups in total. The molecule has 0 saturated carbocycles. The minimum absolute atomic E-state index is 0.122. The van der Waals surface area contributed by atoms with E-state index in [-0.39, 0.29) is 11.8 Å². The van der Waals surface area contributed by atoms with Crippen molar-refractivity contribution >= 4 is 40.7 Å². The minimum Gasteiger partial charge on any atom is -0.497 e. The first-order chi connectivity index (χ1) is 16.9. The molecular formula is C25H26N6O3S. The molecule has 0 unspecified atom stereocenters. The number of thioether (sulfide) groups is 1. The first-order valence-electron chi connectivity index (χ1n) is 11.0. The molecule has 0 bridgehead atoms. The van der Waals surface area contributed by atoms with Crippen LogP contribution in [-0.2, 0) is 11.2 Å². The zero-order valence-electron chi connectivity index (χ0n) is 20.0. The van der Waals surface area contributed by atoms with Gasteiger partial charge in [0, 0.05) is 34.7 Å². The van der Waals surface area contributed by atoms with Crippen molar-refractivity contribution in [2.75, 3.05) is 24.0 Å². The summed E-state index contributed by atoms with van der Waals surface area (Å²) in [6.45, 7) is 3.88. The third-order valence-corrected chi connectivity index (χ3v) is 6.13. The second-order valence-corrected chi connectivity index (χ2v) is 8.65. The number of nitrogens with zero attached hydrogens (tertiary/aromatic N) is 4. The zero-order chi connectivity index (χ0) is 24.9. The van der Waals surface area contributed by atoms with Gasteiger partial charge in [-0.3, -0.25) is 9.59 Å². The van der Waals surface area contributed by atoms with Crippen LogP contribution in [0.2, 0.25) is 0 Å². The second-order valence-electron chi connectivity index (χ2n) is 7.88. The molecule has 0 saturated heterocycles. The summed E-state index contributed by atoms with van der Waals surface area (Å²) in [5.74, 6) is 0.921. The highest BCUT2D eigenvalue weighted by molar-refractivity contribution is 7.98. The number of aryl methyl sites for hydroxylation is 2. The number of hydrogen-bond acceptors (Lipinski definition) is 7. The van der Waals surface area contributed by atoms with Gasteiger partial charge in [0.25, 0.3) is 11.7 Å². The number of anilines is 2. The molecule has 0 atom stereocenters. The van der Waals surface area contributed by atoms with E-state index in [1.165, 1.54) is 11.8 Å². The van der Waals surface area contributed by atoms with E-state index in [1.54, 1.807) is 60.2 Å². The number of benzene rings is 2. The molecule has 2 amide bonds. The van der Waals surface area contributed by atoms with E-state index in [0.29, 0.717) is 46.5 Å². The Morgan fingerprint density at radius 1 is 0.971 bits per heavy atom. The van der Waals surface area contributed by atoms with E-state index in [2.05, 4.69) is 25.7 Å². The second kappa shape index (κ2) is 10.6. The average Bonchev–Trinajstić information content (AvgIpc) is 3.28. The van der Waals surface area contributed by atoms with Crippen molar-refractivity contribution in [3.8, 4) is 5.75 Å². The summed E-state index contributed by atoms with van der Waals surface area (Å²) in [4.78, 5) is 34.0. The Morgan fingerprint density at radius 3 is 2.29 bits per heavy atom. The summed E-state index contributed by atoms with van der Waals surface area (Å²) in [5, 5.41) is 10.8. The van der Waals surface area contributed by atoms with Crippen molar-refractivity contribution in [2.45, 2.75) is 31.8 Å². The summed E-state index contributed by atoms with van der Waals surface area (Å²) in [7, 11) is 1.59. The van der Waals surface area contributed by atoms with Crippen LogP contribution in [0.1, 0.15) is 33.7 Å². The lowest BCUT2D eigenvalue weighted by Crippen LogP contribution is -2.15. The number of carbonyl (C=O) groups excluding carboxylic acids is 2. The lowest BCUT2D eigenvalue weighted by atomic mass is 10.1. The fourth-order valence-corrected chi connectivity index (χ4v) is 4.02. The van der Waals surface area contributed by atoms with Gasteiger partial charge < -0.3 is 15.4 Å². The molecule has 2 aromatic heterocycles. The van der Waals surface area contributed by atoms with E-state index in [1.807, 2.05) is 20.1 Å². The van der Waals surface area contributed by atoms with Crippen LogP contribution in [0.3, 0.4) is 0 Å². The number of fused-ring (bicyclic) bond motifs is 1. The Labute approximate surface area is 207 Å². The van der Waals surface area contributed by atoms with E-state index in [0.717, 1.165) is 17.0 Å². The Kier molecular flexibility index (Phi) is 7.31. The summed E-state index contributed by atoms with van der Waals surface area (Å²) >= 11 is 1.46. The molecule has 0 spiro atoms. The average molecular weight is 491 g/mol. The van der Waals surface area contributed by atoms with Crippen LogP contribution in [0.4, 0.5) is 11.4 Å². The lowest BCUT2D eigenvalue weighted by Gasteiger charge is -2.11. The largest absolute Gasteiger partial charge is 0.497 e. The molecule has 2 aromatic carbocycles. The standard InChI is InChI=1S/C25H26N6O3S/c1-15-21(16(2)31-24(26-15)29-25(30-31)35-4)13-14-22(32)27-18-7-5-17(6-8-18)23(33)28-19-9-11-20(34-3)12-10-19/h5-12H,13-14H2,1-4H3,(H,27,32)(H,28,33). The molecule has 4 rings (SSSR count).